The van der Waals surface area contributed by atoms with E-state index in [9.17, 15) is 4.79 Å². The van der Waals surface area contributed by atoms with Crippen molar-refractivity contribution in [1.29, 1.82) is 0 Å². The molecule has 2 heterocycles. The van der Waals surface area contributed by atoms with Gasteiger partial charge in [-0.15, -0.1) is 0 Å². The molecular weight excluding hydrogens is 368 g/mol. The minimum atomic E-state index is -0.310. The van der Waals surface area contributed by atoms with Crippen LogP contribution in [-0.2, 0) is 16.0 Å². The Kier molecular flexibility index (Phi) is 8.12. The van der Waals surface area contributed by atoms with E-state index in [4.69, 9.17) is 14.1 Å². The molecule has 1 fully saturated rings. The molecule has 3 rings (SSSR count). The lowest BCUT2D eigenvalue weighted by Crippen LogP contribution is -2.44. The number of furan rings is 1. The predicted molar refractivity (Wildman–Crippen MR) is 113 cm³/mol. The van der Waals surface area contributed by atoms with Crippen LogP contribution in [0.25, 0.3) is 0 Å². The zero-order chi connectivity index (χ0) is 20.3. The first-order chi connectivity index (χ1) is 14.3. The van der Waals surface area contributed by atoms with Gasteiger partial charge in [0.25, 0.3) is 0 Å². The molecule has 0 aliphatic carbocycles. The van der Waals surface area contributed by atoms with Crippen LogP contribution in [0.1, 0.15) is 24.2 Å². The highest BCUT2D eigenvalue weighted by Gasteiger charge is 2.27. The summed E-state index contributed by atoms with van der Waals surface area (Å²) in [6.07, 6.45) is 2.45. The van der Waals surface area contributed by atoms with E-state index in [1.807, 2.05) is 54.3 Å². The second kappa shape index (κ2) is 11.3. The van der Waals surface area contributed by atoms with Gasteiger partial charge in [0.05, 0.1) is 31.9 Å². The molecule has 2 aromatic rings. The van der Waals surface area contributed by atoms with Gasteiger partial charge < -0.3 is 24.7 Å². The molecule has 7 nitrogen and oxygen atoms in total. The Morgan fingerprint density at radius 3 is 2.62 bits per heavy atom. The van der Waals surface area contributed by atoms with E-state index in [0.29, 0.717) is 45.4 Å². The standard InChI is InChI=1S/C22H30N4O3/c1-2-23-22(24-11-10-19-9-6-14-29-19)25-17-20(18-7-4-3-5-8-18)21(27)26-12-15-28-16-13-26/h3-9,14,20H,2,10-13,15-17H2,1H3,(H2,23,24,25). The molecule has 2 N–H and O–H groups in total. The van der Waals surface area contributed by atoms with Gasteiger partial charge in [0.15, 0.2) is 5.96 Å². The number of carbonyl (C=O) groups is 1. The molecule has 1 amide bonds. The minimum absolute atomic E-state index is 0.106. The molecule has 1 unspecified atom stereocenters. The topological polar surface area (TPSA) is 79.1 Å². The average Bonchev–Trinajstić information content (AvgIpc) is 3.28. The number of hydrogen-bond acceptors (Lipinski definition) is 4. The molecule has 156 valence electrons. The smallest absolute Gasteiger partial charge is 0.232 e. The third-order valence-electron chi connectivity index (χ3n) is 4.84. The van der Waals surface area contributed by atoms with Gasteiger partial charge >= 0.3 is 0 Å². The fourth-order valence-electron chi connectivity index (χ4n) is 3.30. The highest BCUT2D eigenvalue weighted by atomic mass is 16.5. The molecule has 1 aliphatic rings. The Morgan fingerprint density at radius 1 is 1.14 bits per heavy atom. The highest BCUT2D eigenvalue weighted by molar-refractivity contribution is 5.85. The third kappa shape index (κ3) is 6.35. The lowest BCUT2D eigenvalue weighted by molar-refractivity contribution is -0.136. The molecule has 1 atom stereocenters. The first-order valence-electron chi connectivity index (χ1n) is 10.2. The van der Waals surface area contributed by atoms with Crippen LogP contribution in [0.4, 0.5) is 0 Å². The van der Waals surface area contributed by atoms with Gasteiger partial charge in [-0.25, -0.2) is 0 Å². The molecular formula is C22H30N4O3. The number of guanidine groups is 1. The van der Waals surface area contributed by atoms with Crippen molar-refractivity contribution in [3.05, 3.63) is 60.1 Å². The molecule has 7 heteroatoms. The summed E-state index contributed by atoms with van der Waals surface area (Å²) in [5.41, 5.74) is 0.985. The second-order valence-electron chi connectivity index (χ2n) is 6.88. The molecule has 0 radical (unpaired) electrons. The number of amides is 1. The van der Waals surface area contributed by atoms with Crippen molar-refractivity contribution in [3.8, 4) is 0 Å². The second-order valence-corrected chi connectivity index (χ2v) is 6.88. The summed E-state index contributed by atoms with van der Waals surface area (Å²) in [4.78, 5) is 19.8. The minimum Gasteiger partial charge on any atom is -0.469 e. The monoisotopic (exact) mass is 398 g/mol. The maximum Gasteiger partial charge on any atom is 0.232 e. The van der Waals surface area contributed by atoms with E-state index in [0.717, 1.165) is 24.3 Å². The van der Waals surface area contributed by atoms with E-state index < -0.39 is 0 Å². The summed E-state index contributed by atoms with van der Waals surface area (Å²) in [6, 6.07) is 13.7. The first kappa shape index (κ1) is 20.9. The summed E-state index contributed by atoms with van der Waals surface area (Å²) in [5, 5.41) is 6.57. The molecule has 1 saturated heterocycles. The van der Waals surface area contributed by atoms with Crippen molar-refractivity contribution in [2.75, 3.05) is 45.9 Å². The maximum absolute atomic E-state index is 13.2. The Morgan fingerprint density at radius 2 is 1.93 bits per heavy atom. The maximum atomic E-state index is 13.2. The Labute approximate surface area is 172 Å². The lowest BCUT2D eigenvalue weighted by Gasteiger charge is -2.30. The summed E-state index contributed by atoms with van der Waals surface area (Å²) in [7, 11) is 0. The molecule has 1 aliphatic heterocycles. The van der Waals surface area contributed by atoms with Gasteiger partial charge in [-0.1, -0.05) is 30.3 Å². The molecule has 29 heavy (non-hydrogen) atoms. The highest BCUT2D eigenvalue weighted by Crippen LogP contribution is 2.20. The third-order valence-corrected chi connectivity index (χ3v) is 4.84. The van der Waals surface area contributed by atoms with Crippen molar-refractivity contribution in [1.82, 2.24) is 15.5 Å². The van der Waals surface area contributed by atoms with Crippen molar-refractivity contribution in [2.24, 2.45) is 4.99 Å². The summed E-state index contributed by atoms with van der Waals surface area (Å²) < 4.78 is 10.8. The number of nitrogens with one attached hydrogen (secondary N) is 2. The Balaban J connectivity index is 1.67. The van der Waals surface area contributed by atoms with E-state index in [2.05, 4.69) is 10.6 Å². The Hall–Kier alpha value is -2.80. The largest absolute Gasteiger partial charge is 0.469 e. The molecule has 0 bridgehead atoms. The Bertz CT molecular complexity index is 756. The SMILES string of the molecule is CCNC(=NCC(C(=O)N1CCOCC1)c1ccccc1)NCCc1ccco1. The zero-order valence-corrected chi connectivity index (χ0v) is 17.0. The molecule has 0 spiro atoms. The fraction of sp³-hybridized carbons (Fsp3) is 0.455. The van der Waals surface area contributed by atoms with E-state index in [-0.39, 0.29) is 11.8 Å². The van der Waals surface area contributed by atoms with Crippen molar-refractivity contribution >= 4 is 11.9 Å². The summed E-state index contributed by atoms with van der Waals surface area (Å²) in [5.74, 6) is 1.43. The first-order valence-corrected chi connectivity index (χ1v) is 10.2. The van der Waals surface area contributed by atoms with Crippen LogP contribution >= 0.6 is 0 Å². The number of carbonyl (C=O) groups excluding carboxylic acids is 1. The van der Waals surface area contributed by atoms with Gasteiger partial charge in [-0.2, -0.15) is 0 Å². The van der Waals surface area contributed by atoms with Crippen LogP contribution in [0, 0.1) is 0 Å². The number of benzene rings is 1. The number of morpholine rings is 1. The number of aliphatic imine (C=N–C) groups is 1. The average molecular weight is 399 g/mol. The van der Waals surface area contributed by atoms with Gasteiger partial charge in [0, 0.05) is 32.6 Å². The zero-order valence-electron chi connectivity index (χ0n) is 17.0. The summed E-state index contributed by atoms with van der Waals surface area (Å²) >= 11 is 0. The van der Waals surface area contributed by atoms with Crippen LogP contribution in [0.3, 0.4) is 0 Å². The number of ether oxygens (including phenoxy) is 1. The number of rotatable bonds is 8. The molecule has 0 saturated carbocycles. The van der Waals surface area contributed by atoms with Gasteiger partial charge in [-0.05, 0) is 24.6 Å². The quantitative estimate of drug-likeness (QED) is 0.525. The predicted octanol–water partition coefficient (Wildman–Crippen LogP) is 2.02. The molecule has 1 aromatic heterocycles. The van der Waals surface area contributed by atoms with Crippen molar-refractivity contribution in [3.63, 3.8) is 0 Å². The summed E-state index contributed by atoms with van der Waals surface area (Å²) in [6.45, 7) is 6.31. The fourth-order valence-corrected chi connectivity index (χ4v) is 3.30. The van der Waals surface area contributed by atoms with Gasteiger partial charge in [0.2, 0.25) is 5.91 Å². The van der Waals surface area contributed by atoms with E-state index in [1.54, 1.807) is 6.26 Å². The van der Waals surface area contributed by atoms with Crippen molar-refractivity contribution < 1.29 is 13.9 Å². The number of hydrogen-bond donors (Lipinski definition) is 2. The molecule has 1 aromatic carbocycles. The normalized spacial score (nSPS) is 15.8. The van der Waals surface area contributed by atoms with E-state index in [1.165, 1.54) is 0 Å². The van der Waals surface area contributed by atoms with Crippen LogP contribution in [0.5, 0.6) is 0 Å². The van der Waals surface area contributed by atoms with Gasteiger partial charge in [0.1, 0.15) is 5.76 Å². The van der Waals surface area contributed by atoms with Crippen LogP contribution in [0.15, 0.2) is 58.1 Å². The van der Waals surface area contributed by atoms with Crippen molar-refractivity contribution in [2.45, 2.75) is 19.3 Å². The lowest BCUT2D eigenvalue weighted by atomic mass is 9.97. The number of nitrogens with zero attached hydrogens (tertiary/aromatic N) is 2. The van der Waals surface area contributed by atoms with E-state index >= 15 is 0 Å². The van der Waals surface area contributed by atoms with Crippen LogP contribution in [-0.4, -0.2) is 62.7 Å². The van der Waals surface area contributed by atoms with Crippen LogP contribution < -0.4 is 10.6 Å². The van der Waals surface area contributed by atoms with Crippen LogP contribution in [0.2, 0.25) is 0 Å². The van der Waals surface area contributed by atoms with Gasteiger partial charge in [-0.3, -0.25) is 9.79 Å².